The van der Waals surface area contributed by atoms with Gasteiger partial charge in [-0.2, -0.15) is 0 Å². The highest BCUT2D eigenvalue weighted by molar-refractivity contribution is 5.93. The van der Waals surface area contributed by atoms with Gasteiger partial charge in [0.05, 0.1) is 6.61 Å². The Morgan fingerprint density at radius 1 is 1.39 bits per heavy atom. The largest absolute Gasteiger partial charge is 0.489 e. The molecule has 0 aromatic heterocycles. The molecule has 18 heavy (non-hydrogen) atoms. The fourth-order valence-corrected chi connectivity index (χ4v) is 1.42. The van der Waals surface area contributed by atoms with Crippen molar-refractivity contribution in [2.75, 3.05) is 13.2 Å². The van der Waals surface area contributed by atoms with Crippen LogP contribution in [0.15, 0.2) is 42.5 Å². The topological polar surface area (TPSA) is 35.5 Å². The monoisotopic (exact) mass is 246 g/mol. The molecule has 0 fully saturated rings. The molecule has 96 valence electrons. The van der Waals surface area contributed by atoms with Gasteiger partial charge in [-0.3, -0.25) is 0 Å². The van der Waals surface area contributed by atoms with Crippen LogP contribution in [0.5, 0.6) is 5.75 Å². The van der Waals surface area contributed by atoms with E-state index in [0.29, 0.717) is 18.8 Å². The minimum Gasteiger partial charge on any atom is -0.489 e. The molecule has 0 unspecified atom stereocenters. The van der Waals surface area contributed by atoms with E-state index in [2.05, 4.69) is 6.58 Å². The zero-order valence-corrected chi connectivity index (χ0v) is 10.8. The molecule has 0 amide bonds. The fourth-order valence-electron chi connectivity index (χ4n) is 1.42. The summed E-state index contributed by atoms with van der Waals surface area (Å²) in [7, 11) is 0. The van der Waals surface area contributed by atoms with Gasteiger partial charge in [-0.05, 0) is 26.0 Å². The first kappa shape index (κ1) is 14.0. The van der Waals surface area contributed by atoms with Crippen LogP contribution < -0.4 is 4.74 Å². The Morgan fingerprint density at radius 3 is 2.78 bits per heavy atom. The molecule has 0 aliphatic carbocycles. The predicted molar refractivity (Wildman–Crippen MR) is 72.4 cm³/mol. The Bertz CT molecular complexity index is 447. The van der Waals surface area contributed by atoms with Gasteiger partial charge >= 0.3 is 5.97 Å². The van der Waals surface area contributed by atoms with E-state index in [9.17, 15) is 4.79 Å². The molecule has 0 bridgehead atoms. The number of hydrogen-bond acceptors (Lipinski definition) is 3. The van der Waals surface area contributed by atoms with Crippen molar-refractivity contribution in [2.45, 2.75) is 13.8 Å². The molecule has 1 aromatic rings. The van der Waals surface area contributed by atoms with E-state index in [1.54, 1.807) is 26.0 Å². The lowest BCUT2D eigenvalue weighted by atomic mass is 10.1. The number of hydrogen-bond donors (Lipinski definition) is 0. The summed E-state index contributed by atoms with van der Waals surface area (Å²) in [6, 6.07) is 7.52. The average molecular weight is 246 g/mol. The molecule has 0 aliphatic heterocycles. The highest BCUT2D eigenvalue weighted by Gasteiger charge is 2.06. The summed E-state index contributed by atoms with van der Waals surface area (Å²) >= 11 is 0. The maximum absolute atomic E-state index is 11.5. The van der Waals surface area contributed by atoms with Crippen molar-refractivity contribution in [2.24, 2.45) is 0 Å². The molecule has 0 spiro atoms. The normalized spacial score (nSPS) is 10.9. The maximum Gasteiger partial charge on any atom is 0.333 e. The lowest BCUT2D eigenvalue weighted by molar-refractivity contribution is -0.138. The van der Waals surface area contributed by atoms with E-state index in [4.69, 9.17) is 9.47 Å². The SMILES string of the molecule is C=CCOc1ccccc1/C=C(\C)C(=O)OCC. The highest BCUT2D eigenvalue weighted by atomic mass is 16.5. The van der Waals surface area contributed by atoms with Gasteiger partial charge in [-0.15, -0.1) is 0 Å². The van der Waals surface area contributed by atoms with Crippen LogP contribution in [-0.2, 0) is 9.53 Å². The first-order valence-electron chi connectivity index (χ1n) is 5.87. The van der Waals surface area contributed by atoms with E-state index in [0.717, 1.165) is 11.3 Å². The van der Waals surface area contributed by atoms with Crippen molar-refractivity contribution in [1.29, 1.82) is 0 Å². The zero-order valence-electron chi connectivity index (χ0n) is 10.8. The van der Waals surface area contributed by atoms with Crippen LogP contribution in [0.25, 0.3) is 6.08 Å². The number of ether oxygens (including phenoxy) is 2. The molecule has 1 rings (SSSR count). The van der Waals surface area contributed by atoms with Gasteiger partial charge in [0.1, 0.15) is 12.4 Å². The van der Waals surface area contributed by atoms with Crippen molar-refractivity contribution in [3.63, 3.8) is 0 Å². The van der Waals surface area contributed by atoms with E-state index < -0.39 is 0 Å². The average Bonchev–Trinajstić information content (AvgIpc) is 2.38. The lowest BCUT2D eigenvalue weighted by Gasteiger charge is -2.08. The minimum absolute atomic E-state index is 0.309. The second kappa shape index (κ2) is 7.33. The molecule has 0 radical (unpaired) electrons. The van der Waals surface area contributed by atoms with Gasteiger partial charge in [-0.1, -0.05) is 30.9 Å². The lowest BCUT2D eigenvalue weighted by Crippen LogP contribution is -2.05. The third-order valence-electron chi connectivity index (χ3n) is 2.25. The number of carbonyl (C=O) groups is 1. The van der Waals surface area contributed by atoms with Crippen LogP contribution in [0.4, 0.5) is 0 Å². The summed E-state index contributed by atoms with van der Waals surface area (Å²) < 4.78 is 10.4. The summed E-state index contributed by atoms with van der Waals surface area (Å²) in [5, 5.41) is 0. The Hall–Kier alpha value is -2.03. The first-order valence-corrected chi connectivity index (χ1v) is 5.87. The molecule has 3 heteroatoms. The van der Waals surface area contributed by atoms with Crippen molar-refractivity contribution < 1.29 is 14.3 Å². The van der Waals surface area contributed by atoms with Crippen LogP contribution in [0.2, 0.25) is 0 Å². The summed E-state index contributed by atoms with van der Waals surface area (Å²) in [6.07, 6.45) is 3.44. The van der Waals surface area contributed by atoms with E-state index in [1.807, 2.05) is 24.3 Å². The first-order chi connectivity index (χ1) is 8.69. The minimum atomic E-state index is -0.309. The van der Waals surface area contributed by atoms with Crippen LogP contribution in [-0.4, -0.2) is 19.2 Å². The number of carbonyl (C=O) groups excluding carboxylic acids is 1. The van der Waals surface area contributed by atoms with E-state index >= 15 is 0 Å². The van der Waals surface area contributed by atoms with Crippen molar-refractivity contribution in [3.8, 4) is 5.75 Å². The number of esters is 1. The van der Waals surface area contributed by atoms with Gasteiger partial charge in [0, 0.05) is 11.1 Å². The molecule has 0 heterocycles. The third kappa shape index (κ3) is 4.09. The molecule has 1 aromatic carbocycles. The quantitative estimate of drug-likeness (QED) is 0.439. The molecule has 0 aliphatic rings. The Labute approximate surface area is 108 Å². The number of para-hydroxylation sites is 1. The predicted octanol–water partition coefficient (Wildman–Crippen LogP) is 3.22. The van der Waals surface area contributed by atoms with Gasteiger partial charge in [0.15, 0.2) is 0 Å². The van der Waals surface area contributed by atoms with Crippen molar-refractivity contribution in [3.05, 3.63) is 48.1 Å². The van der Waals surface area contributed by atoms with Gasteiger partial charge in [0.2, 0.25) is 0 Å². The van der Waals surface area contributed by atoms with Crippen LogP contribution in [0, 0.1) is 0 Å². The van der Waals surface area contributed by atoms with Crippen molar-refractivity contribution in [1.82, 2.24) is 0 Å². The second-order valence-electron chi connectivity index (χ2n) is 3.69. The van der Waals surface area contributed by atoms with Crippen LogP contribution in [0.3, 0.4) is 0 Å². The van der Waals surface area contributed by atoms with Gasteiger partial charge < -0.3 is 9.47 Å². The molecular formula is C15H18O3. The van der Waals surface area contributed by atoms with Crippen molar-refractivity contribution >= 4 is 12.0 Å². The van der Waals surface area contributed by atoms with Crippen LogP contribution in [0.1, 0.15) is 19.4 Å². The van der Waals surface area contributed by atoms with Gasteiger partial charge in [0.25, 0.3) is 0 Å². The Morgan fingerprint density at radius 2 is 2.11 bits per heavy atom. The summed E-state index contributed by atoms with van der Waals surface area (Å²) in [5.74, 6) is 0.414. The summed E-state index contributed by atoms with van der Waals surface area (Å²) in [5.41, 5.74) is 1.40. The summed E-state index contributed by atoms with van der Waals surface area (Å²) in [4.78, 5) is 11.5. The van der Waals surface area contributed by atoms with Gasteiger partial charge in [-0.25, -0.2) is 4.79 Å². The second-order valence-corrected chi connectivity index (χ2v) is 3.69. The molecule has 0 saturated heterocycles. The standard InChI is InChI=1S/C15H18O3/c1-4-10-18-14-9-7-6-8-13(14)11-12(3)15(16)17-5-2/h4,6-9,11H,1,5,10H2,2-3H3/b12-11+. The molecule has 3 nitrogen and oxygen atoms in total. The maximum atomic E-state index is 11.5. The smallest absolute Gasteiger partial charge is 0.333 e. The molecule has 0 atom stereocenters. The third-order valence-corrected chi connectivity index (χ3v) is 2.25. The molecule has 0 saturated carbocycles. The van der Waals surface area contributed by atoms with E-state index in [1.165, 1.54) is 0 Å². The van der Waals surface area contributed by atoms with E-state index in [-0.39, 0.29) is 5.97 Å². The zero-order chi connectivity index (χ0) is 13.4. The Balaban J connectivity index is 2.91. The highest BCUT2D eigenvalue weighted by Crippen LogP contribution is 2.21. The number of benzene rings is 1. The molecule has 0 N–H and O–H groups in total. The summed E-state index contributed by atoms with van der Waals surface area (Å²) in [6.45, 7) is 7.92. The Kier molecular flexibility index (Phi) is 5.71. The molecular weight excluding hydrogens is 228 g/mol. The fraction of sp³-hybridized carbons (Fsp3) is 0.267. The van der Waals surface area contributed by atoms with Crippen LogP contribution >= 0.6 is 0 Å². The number of rotatable bonds is 6.